The Balaban J connectivity index is 2.56. The van der Waals surface area contributed by atoms with Gasteiger partial charge < -0.3 is 5.11 Å². The Morgan fingerprint density at radius 1 is 1.42 bits per heavy atom. The van der Waals surface area contributed by atoms with Crippen molar-refractivity contribution in [2.24, 2.45) is 0 Å². The Morgan fingerprint density at radius 3 is 3.00 bits per heavy atom. The molecule has 1 aliphatic rings. The van der Waals surface area contributed by atoms with Crippen LogP contribution in [-0.4, -0.2) is 5.11 Å². The van der Waals surface area contributed by atoms with Crippen molar-refractivity contribution in [3.05, 3.63) is 39.9 Å². The molecule has 0 bridgehead atoms. The van der Waals surface area contributed by atoms with Crippen molar-refractivity contribution < 1.29 is 5.11 Å². The predicted molar refractivity (Wildman–Crippen MR) is 50.1 cm³/mol. The van der Waals surface area contributed by atoms with Gasteiger partial charge in [-0.2, -0.15) is 0 Å². The van der Waals surface area contributed by atoms with E-state index in [4.69, 9.17) is 16.7 Å². The van der Waals surface area contributed by atoms with Crippen LogP contribution in [-0.2, 0) is 13.0 Å². The monoisotopic (exact) mass is 180 g/mol. The Labute approximate surface area is 76.3 Å². The Bertz CT molecular complexity index is 342. The summed E-state index contributed by atoms with van der Waals surface area (Å²) in [5.41, 5.74) is 3.20. The van der Waals surface area contributed by atoms with E-state index in [0.717, 1.165) is 22.6 Å². The zero-order valence-corrected chi connectivity index (χ0v) is 7.30. The maximum atomic E-state index is 8.91. The average Bonchev–Trinajstić information content (AvgIpc) is 2.52. The molecule has 1 aromatic carbocycles. The number of hydrogen-bond donors (Lipinski definition) is 1. The maximum absolute atomic E-state index is 8.91. The summed E-state index contributed by atoms with van der Waals surface area (Å²) >= 11 is 6.00. The largest absolute Gasteiger partial charge is 0.392 e. The van der Waals surface area contributed by atoms with Gasteiger partial charge in [0, 0.05) is 5.02 Å². The van der Waals surface area contributed by atoms with E-state index < -0.39 is 0 Å². The lowest BCUT2D eigenvalue weighted by molar-refractivity contribution is 0.282. The lowest BCUT2D eigenvalue weighted by Crippen LogP contribution is -1.89. The third-order valence-corrected chi connectivity index (χ3v) is 2.43. The molecule has 0 heterocycles. The minimum absolute atomic E-state index is 0.0564. The average molecular weight is 181 g/mol. The summed E-state index contributed by atoms with van der Waals surface area (Å²) in [4.78, 5) is 0. The van der Waals surface area contributed by atoms with E-state index >= 15 is 0 Å². The molecule has 1 nitrogen and oxygen atoms in total. The summed E-state index contributed by atoms with van der Waals surface area (Å²) < 4.78 is 0. The van der Waals surface area contributed by atoms with Crippen LogP contribution in [0, 0.1) is 0 Å². The maximum Gasteiger partial charge on any atom is 0.0682 e. The minimum Gasteiger partial charge on any atom is -0.392 e. The molecule has 12 heavy (non-hydrogen) atoms. The Hall–Kier alpha value is -0.790. The van der Waals surface area contributed by atoms with Crippen LogP contribution in [0.25, 0.3) is 6.08 Å². The second kappa shape index (κ2) is 2.92. The summed E-state index contributed by atoms with van der Waals surface area (Å²) in [6.45, 7) is 0.0564. The number of benzene rings is 1. The van der Waals surface area contributed by atoms with E-state index in [1.807, 2.05) is 18.2 Å². The number of rotatable bonds is 1. The van der Waals surface area contributed by atoms with Crippen LogP contribution in [0.1, 0.15) is 16.7 Å². The lowest BCUT2D eigenvalue weighted by Gasteiger charge is -2.04. The van der Waals surface area contributed by atoms with Crippen molar-refractivity contribution >= 4 is 17.7 Å². The molecular weight excluding hydrogens is 172 g/mol. The highest BCUT2D eigenvalue weighted by molar-refractivity contribution is 6.31. The normalized spacial score (nSPS) is 13.5. The van der Waals surface area contributed by atoms with Gasteiger partial charge >= 0.3 is 0 Å². The van der Waals surface area contributed by atoms with Crippen LogP contribution < -0.4 is 0 Å². The lowest BCUT2D eigenvalue weighted by atomic mass is 10.1. The molecule has 0 atom stereocenters. The molecule has 1 aliphatic carbocycles. The Morgan fingerprint density at radius 2 is 2.25 bits per heavy atom. The van der Waals surface area contributed by atoms with Gasteiger partial charge in [-0.25, -0.2) is 0 Å². The molecule has 0 aromatic heterocycles. The summed E-state index contributed by atoms with van der Waals surface area (Å²) in [5, 5.41) is 9.68. The van der Waals surface area contributed by atoms with Crippen molar-refractivity contribution in [3.8, 4) is 0 Å². The second-order valence-corrected chi connectivity index (χ2v) is 3.32. The highest BCUT2D eigenvalue weighted by Gasteiger charge is 2.09. The molecule has 0 saturated heterocycles. The van der Waals surface area contributed by atoms with E-state index in [-0.39, 0.29) is 6.61 Å². The zero-order valence-electron chi connectivity index (χ0n) is 6.55. The molecule has 0 amide bonds. The smallest absolute Gasteiger partial charge is 0.0682 e. The van der Waals surface area contributed by atoms with Crippen molar-refractivity contribution in [1.29, 1.82) is 0 Å². The fourth-order valence-corrected chi connectivity index (χ4v) is 1.80. The molecule has 0 fully saturated rings. The van der Waals surface area contributed by atoms with E-state index in [1.54, 1.807) is 0 Å². The number of fused-ring (bicyclic) bond motifs is 1. The summed E-state index contributed by atoms with van der Waals surface area (Å²) in [6.07, 6.45) is 5.04. The SMILES string of the molecule is OCc1cc(Cl)c2c(c1)C=CC2. The molecule has 0 saturated carbocycles. The van der Waals surface area contributed by atoms with Crippen molar-refractivity contribution in [1.82, 2.24) is 0 Å². The van der Waals surface area contributed by atoms with Crippen molar-refractivity contribution in [2.75, 3.05) is 0 Å². The van der Waals surface area contributed by atoms with Gasteiger partial charge in [-0.3, -0.25) is 0 Å². The van der Waals surface area contributed by atoms with Crippen LogP contribution in [0.3, 0.4) is 0 Å². The Kier molecular flexibility index (Phi) is 1.91. The van der Waals surface area contributed by atoms with Gasteiger partial charge in [0.1, 0.15) is 0 Å². The first-order valence-electron chi connectivity index (χ1n) is 3.90. The van der Waals surface area contributed by atoms with Crippen LogP contribution in [0.5, 0.6) is 0 Å². The van der Waals surface area contributed by atoms with E-state index in [0.29, 0.717) is 0 Å². The van der Waals surface area contributed by atoms with E-state index in [2.05, 4.69) is 6.08 Å². The summed E-state index contributed by atoms with van der Waals surface area (Å²) in [6, 6.07) is 3.80. The second-order valence-electron chi connectivity index (χ2n) is 2.91. The van der Waals surface area contributed by atoms with Gasteiger partial charge in [-0.1, -0.05) is 23.8 Å². The van der Waals surface area contributed by atoms with Crippen LogP contribution >= 0.6 is 11.6 Å². The van der Waals surface area contributed by atoms with Gasteiger partial charge in [0.05, 0.1) is 6.61 Å². The molecule has 1 N–H and O–H groups in total. The molecule has 0 unspecified atom stereocenters. The quantitative estimate of drug-likeness (QED) is 0.704. The third-order valence-electron chi connectivity index (χ3n) is 2.09. The first-order chi connectivity index (χ1) is 5.81. The molecule has 62 valence electrons. The molecule has 2 heteroatoms. The highest BCUT2D eigenvalue weighted by atomic mass is 35.5. The molecular formula is C10H9ClO. The third kappa shape index (κ3) is 1.15. The highest BCUT2D eigenvalue weighted by Crippen LogP contribution is 2.28. The molecule has 2 rings (SSSR count). The van der Waals surface area contributed by atoms with Gasteiger partial charge in [0.15, 0.2) is 0 Å². The number of aliphatic hydroxyl groups excluding tert-OH is 1. The first kappa shape index (κ1) is 7.84. The molecule has 1 aromatic rings. The van der Waals surface area contributed by atoms with Crippen LogP contribution in [0.15, 0.2) is 18.2 Å². The van der Waals surface area contributed by atoms with Crippen molar-refractivity contribution in [2.45, 2.75) is 13.0 Å². The first-order valence-corrected chi connectivity index (χ1v) is 4.28. The van der Waals surface area contributed by atoms with Gasteiger partial charge in [0.25, 0.3) is 0 Å². The summed E-state index contributed by atoms with van der Waals surface area (Å²) in [7, 11) is 0. The van der Waals surface area contributed by atoms with Crippen LogP contribution in [0.2, 0.25) is 5.02 Å². The summed E-state index contributed by atoms with van der Waals surface area (Å²) in [5.74, 6) is 0. The fourth-order valence-electron chi connectivity index (χ4n) is 1.48. The molecule has 0 aliphatic heterocycles. The van der Waals surface area contributed by atoms with E-state index in [1.165, 1.54) is 5.56 Å². The minimum atomic E-state index is 0.0564. The fraction of sp³-hybridized carbons (Fsp3) is 0.200. The molecule has 0 radical (unpaired) electrons. The predicted octanol–water partition coefficient (Wildman–Crippen LogP) is 2.40. The van der Waals surface area contributed by atoms with E-state index in [9.17, 15) is 0 Å². The number of allylic oxidation sites excluding steroid dienone is 1. The van der Waals surface area contributed by atoms with Crippen molar-refractivity contribution in [3.63, 3.8) is 0 Å². The zero-order chi connectivity index (χ0) is 8.55. The van der Waals surface area contributed by atoms with Gasteiger partial charge in [-0.05, 0) is 35.2 Å². The topological polar surface area (TPSA) is 20.2 Å². The number of aliphatic hydroxyl groups is 1. The number of halogens is 1. The van der Waals surface area contributed by atoms with Gasteiger partial charge in [0.2, 0.25) is 0 Å². The van der Waals surface area contributed by atoms with Crippen LogP contribution in [0.4, 0.5) is 0 Å². The standard InChI is InChI=1S/C10H9ClO/c11-10-5-7(6-12)4-8-2-1-3-9(8)10/h1-2,4-5,12H,3,6H2. The number of hydrogen-bond acceptors (Lipinski definition) is 1. The van der Waals surface area contributed by atoms with Gasteiger partial charge in [-0.15, -0.1) is 0 Å². The molecule has 0 spiro atoms.